The summed E-state index contributed by atoms with van der Waals surface area (Å²) < 4.78 is 10.5. The molecule has 3 heteroatoms. The molecule has 0 aromatic heterocycles. The van der Waals surface area contributed by atoms with Gasteiger partial charge in [0.1, 0.15) is 5.75 Å². The molecule has 0 amide bonds. The summed E-state index contributed by atoms with van der Waals surface area (Å²) >= 11 is 0. The van der Waals surface area contributed by atoms with Crippen LogP contribution in [-0.4, -0.2) is 23.6 Å². The van der Waals surface area contributed by atoms with E-state index in [2.05, 4.69) is 0 Å². The van der Waals surface area contributed by atoms with Gasteiger partial charge in [0.05, 0.1) is 0 Å². The number of ether oxygens (including phenoxy) is 2. The van der Waals surface area contributed by atoms with Gasteiger partial charge in [-0.05, 0) is 18.2 Å². The summed E-state index contributed by atoms with van der Waals surface area (Å²) in [5, 5.41) is 0. The van der Waals surface area contributed by atoms with Crippen molar-refractivity contribution in [1.82, 2.24) is 0 Å². The van der Waals surface area contributed by atoms with Crippen molar-refractivity contribution in [2.24, 2.45) is 0 Å². The summed E-state index contributed by atoms with van der Waals surface area (Å²) in [4.78, 5) is 0. The van der Waals surface area contributed by atoms with Crippen LogP contribution in [0.1, 0.15) is 0 Å². The maximum Gasteiger partial charge on any atom is 0.189 e. The highest BCUT2D eigenvalue weighted by Crippen LogP contribution is 2.07. The Kier molecular flexibility index (Phi) is 4.49. The van der Waals surface area contributed by atoms with Gasteiger partial charge in [0, 0.05) is 16.8 Å². The normalized spacial score (nSPS) is 10.0. The Morgan fingerprint density at radius 3 is 2.58 bits per heavy atom. The predicted octanol–water partition coefficient (Wildman–Crippen LogP) is 0.823. The van der Waals surface area contributed by atoms with Gasteiger partial charge in [-0.1, -0.05) is 18.2 Å². The van der Waals surface area contributed by atoms with Gasteiger partial charge < -0.3 is 9.47 Å². The lowest BCUT2D eigenvalue weighted by molar-refractivity contribution is 0.0226. The molecule has 0 atom stereocenters. The highest BCUT2D eigenvalue weighted by Gasteiger charge is 1.89. The summed E-state index contributed by atoms with van der Waals surface area (Å²) in [5.74, 6) is 0.867. The van der Waals surface area contributed by atoms with Crippen LogP contribution < -0.4 is 4.74 Å². The van der Waals surface area contributed by atoms with Gasteiger partial charge in [-0.25, -0.2) is 0 Å². The number of para-hydroxylation sites is 1. The molecule has 0 heterocycles. The Morgan fingerprint density at radius 1 is 1.17 bits per heavy atom. The number of rotatable bonds is 5. The van der Waals surface area contributed by atoms with Gasteiger partial charge in [-0.15, -0.1) is 0 Å². The number of benzene rings is 1. The minimum Gasteiger partial charge on any atom is -0.468 e. The fourth-order valence-corrected chi connectivity index (χ4v) is 1.12. The van der Waals surface area contributed by atoms with Crippen molar-refractivity contribution in [1.29, 1.82) is 0 Å². The summed E-state index contributed by atoms with van der Waals surface area (Å²) in [6, 6.07) is 10.9. The summed E-state index contributed by atoms with van der Waals surface area (Å²) in [6.45, 7) is 1.19. The quantitative estimate of drug-likeness (QED) is 0.381. The number of hydrogen-bond donors (Lipinski definition) is 0. The van der Waals surface area contributed by atoms with Crippen molar-refractivity contribution in [3.63, 3.8) is 0 Å². The molecule has 0 N–H and O–H groups in total. The maximum atomic E-state index is 5.30. The molecule has 0 saturated heterocycles. The standard InChI is InChI=1S/C9H14O2Si/c12-7-6-10-8-11-9-4-2-1-3-5-9/h1-5H,6-8H2,12H3. The van der Waals surface area contributed by atoms with E-state index in [4.69, 9.17) is 9.47 Å². The Bertz CT molecular complexity index is 201. The van der Waals surface area contributed by atoms with E-state index in [9.17, 15) is 0 Å². The fourth-order valence-electron chi connectivity index (χ4n) is 0.830. The Morgan fingerprint density at radius 2 is 1.92 bits per heavy atom. The summed E-state index contributed by atoms with van der Waals surface area (Å²) in [5.41, 5.74) is 0. The first-order valence-electron chi connectivity index (χ1n) is 4.19. The molecule has 1 aromatic carbocycles. The molecule has 0 bridgehead atoms. The molecule has 66 valence electrons. The molecule has 1 rings (SSSR count). The molecule has 2 nitrogen and oxygen atoms in total. The Balaban J connectivity index is 2.16. The van der Waals surface area contributed by atoms with Crippen LogP contribution in [0.5, 0.6) is 5.75 Å². The van der Waals surface area contributed by atoms with Crippen LogP contribution >= 0.6 is 0 Å². The van der Waals surface area contributed by atoms with E-state index >= 15 is 0 Å². The van der Waals surface area contributed by atoms with Crippen molar-refractivity contribution in [2.45, 2.75) is 6.04 Å². The summed E-state index contributed by atoms with van der Waals surface area (Å²) in [6.07, 6.45) is 0. The van der Waals surface area contributed by atoms with E-state index in [0.29, 0.717) is 6.79 Å². The Labute approximate surface area is 75.9 Å². The summed E-state index contributed by atoms with van der Waals surface area (Å²) in [7, 11) is 1.20. The second-order valence-corrected chi connectivity index (χ2v) is 3.48. The van der Waals surface area contributed by atoms with Crippen molar-refractivity contribution in [2.75, 3.05) is 13.4 Å². The van der Waals surface area contributed by atoms with Gasteiger partial charge in [-0.3, -0.25) is 0 Å². The van der Waals surface area contributed by atoms with E-state index in [1.807, 2.05) is 30.3 Å². The van der Waals surface area contributed by atoms with Crippen LogP contribution in [0.2, 0.25) is 6.04 Å². The molecule has 0 radical (unpaired) electrons. The highest BCUT2D eigenvalue weighted by atomic mass is 28.1. The molecule has 0 unspecified atom stereocenters. The van der Waals surface area contributed by atoms with Gasteiger partial charge in [0.25, 0.3) is 0 Å². The van der Waals surface area contributed by atoms with Crippen LogP contribution in [-0.2, 0) is 4.74 Å². The van der Waals surface area contributed by atoms with E-state index in [1.165, 1.54) is 10.2 Å². The minimum atomic E-state index is 0.367. The monoisotopic (exact) mass is 182 g/mol. The molecule has 0 aliphatic heterocycles. The Hall–Kier alpha value is -0.803. The van der Waals surface area contributed by atoms with Crippen LogP contribution in [0, 0.1) is 0 Å². The molecule has 0 spiro atoms. The molecular formula is C9H14O2Si. The topological polar surface area (TPSA) is 18.5 Å². The average Bonchev–Trinajstić information content (AvgIpc) is 2.14. The van der Waals surface area contributed by atoms with Crippen LogP contribution in [0.15, 0.2) is 30.3 Å². The van der Waals surface area contributed by atoms with E-state index < -0.39 is 0 Å². The van der Waals surface area contributed by atoms with E-state index in [0.717, 1.165) is 18.4 Å². The van der Waals surface area contributed by atoms with Gasteiger partial charge >= 0.3 is 0 Å². The first kappa shape index (κ1) is 9.29. The van der Waals surface area contributed by atoms with Crippen LogP contribution in [0.4, 0.5) is 0 Å². The molecule has 0 fully saturated rings. The van der Waals surface area contributed by atoms with E-state index in [-0.39, 0.29) is 0 Å². The molecule has 12 heavy (non-hydrogen) atoms. The lowest BCUT2D eigenvalue weighted by atomic mass is 10.3. The first-order chi connectivity index (χ1) is 5.93. The highest BCUT2D eigenvalue weighted by molar-refractivity contribution is 6.08. The van der Waals surface area contributed by atoms with Gasteiger partial charge in [0.2, 0.25) is 0 Å². The third-order valence-corrected chi connectivity index (χ3v) is 1.81. The van der Waals surface area contributed by atoms with Crippen molar-refractivity contribution >= 4 is 10.2 Å². The average molecular weight is 182 g/mol. The molecule has 0 saturated carbocycles. The maximum absolute atomic E-state index is 5.30. The molecule has 0 aliphatic carbocycles. The third-order valence-electron chi connectivity index (χ3n) is 1.40. The lowest BCUT2D eigenvalue weighted by Gasteiger charge is -2.05. The second-order valence-electron chi connectivity index (χ2n) is 2.48. The smallest absolute Gasteiger partial charge is 0.189 e. The number of hydrogen-bond acceptors (Lipinski definition) is 2. The van der Waals surface area contributed by atoms with Crippen LogP contribution in [0.25, 0.3) is 0 Å². The minimum absolute atomic E-state index is 0.367. The third kappa shape index (κ3) is 3.55. The van der Waals surface area contributed by atoms with E-state index in [1.54, 1.807) is 0 Å². The van der Waals surface area contributed by atoms with Crippen LogP contribution in [0.3, 0.4) is 0 Å². The zero-order valence-electron chi connectivity index (χ0n) is 7.32. The van der Waals surface area contributed by atoms with Gasteiger partial charge in [0.15, 0.2) is 6.79 Å². The van der Waals surface area contributed by atoms with Crippen molar-refractivity contribution in [3.05, 3.63) is 30.3 Å². The SMILES string of the molecule is [SiH3]CCOCOc1ccccc1. The second kappa shape index (κ2) is 5.80. The zero-order chi connectivity index (χ0) is 8.65. The fraction of sp³-hybridized carbons (Fsp3) is 0.333. The largest absolute Gasteiger partial charge is 0.468 e. The molecule has 0 aliphatic rings. The lowest BCUT2D eigenvalue weighted by Crippen LogP contribution is -2.03. The molecule has 1 aromatic rings. The van der Waals surface area contributed by atoms with Crippen molar-refractivity contribution in [3.8, 4) is 5.75 Å². The molecular weight excluding hydrogens is 168 g/mol. The predicted molar refractivity (Wildman–Crippen MR) is 52.6 cm³/mol. The zero-order valence-corrected chi connectivity index (χ0v) is 9.32. The van der Waals surface area contributed by atoms with Crippen molar-refractivity contribution < 1.29 is 9.47 Å². The first-order valence-corrected chi connectivity index (χ1v) is 5.60. The van der Waals surface area contributed by atoms with Gasteiger partial charge in [-0.2, -0.15) is 0 Å².